The van der Waals surface area contributed by atoms with Gasteiger partial charge in [0.25, 0.3) is 0 Å². The minimum atomic E-state index is -0.409. The molecule has 0 bridgehead atoms. The fourth-order valence-electron chi connectivity index (χ4n) is 6.03. The number of halogens is 3. The maximum absolute atomic E-state index is 12.0. The van der Waals surface area contributed by atoms with E-state index in [4.69, 9.17) is 40.4 Å². The van der Waals surface area contributed by atoms with Crippen LogP contribution < -0.4 is 14.2 Å². The van der Waals surface area contributed by atoms with Gasteiger partial charge in [-0.05, 0) is 137 Å². The van der Waals surface area contributed by atoms with Crippen LogP contribution >= 0.6 is 56.8 Å². The van der Waals surface area contributed by atoms with Gasteiger partial charge in [-0.3, -0.25) is 0 Å². The summed E-state index contributed by atoms with van der Waals surface area (Å²) in [4.78, 5) is 32.0. The molecule has 0 amide bonds. The van der Waals surface area contributed by atoms with Gasteiger partial charge >= 0.3 is 11.9 Å². The van der Waals surface area contributed by atoms with E-state index >= 15 is 0 Å². The number of ether oxygens (including phenoxy) is 5. The second-order valence-electron chi connectivity index (χ2n) is 13.2. The van der Waals surface area contributed by atoms with Gasteiger partial charge in [0, 0.05) is 18.5 Å². The number of hydrogen-bond donors (Lipinski definition) is 1. The Bertz CT molecular complexity index is 2820. The molecular formula is C46H41ClI2N6O8. The first-order valence-corrected chi connectivity index (χ1v) is 21.9. The normalized spacial score (nSPS) is 10.6. The highest BCUT2D eigenvalue weighted by Gasteiger charge is 2.17. The Morgan fingerprint density at radius 3 is 1.65 bits per heavy atom. The number of rotatable bonds is 12. The molecule has 0 fully saturated rings. The zero-order valence-corrected chi connectivity index (χ0v) is 39.6. The topological polar surface area (TPSA) is 162 Å². The van der Waals surface area contributed by atoms with Crippen molar-refractivity contribution in [2.24, 2.45) is 0 Å². The van der Waals surface area contributed by atoms with Crippen molar-refractivity contribution >= 4 is 90.8 Å². The van der Waals surface area contributed by atoms with Gasteiger partial charge in [-0.15, -0.1) is 0 Å². The number of phenols is 1. The van der Waals surface area contributed by atoms with E-state index in [9.17, 15) is 9.59 Å². The van der Waals surface area contributed by atoms with E-state index in [1.165, 1.54) is 12.1 Å². The average Bonchev–Trinajstić information content (AvgIpc) is 3.79. The molecule has 0 aliphatic rings. The number of aromatic hydroxyl groups is 1. The fraction of sp³-hybridized carbons (Fsp3) is 0.174. The van der Waals surface area contributed by atoms with Crippen LogP contribution in [-0.4, -0.2) is 74.0 Å². The summed E-state index contributed by atoms with van der Waals surface area (Å²) in [7, 11) is 3.30. The quantitative estimate of drug-likeness (QED) is 0.0912. The van der Waals surface area contributed by atoms with Crippen LogP contribution in [0.3, 0.4) is 0 Å². The highest BCUT2D eigenvalue weighted by atomic mass is 127. The molecule has 0 aliphatic heterocycles. The van der Waals surface area contributed by atoms with Gasteiger partial charge in [0.1, 0.15) is 36.1 Å². The number of phenolic OH excluding ortho intramolecular Hbond substituents is 1. The van der Waals surface area contributed by atoms with Gasteiger partial charge in [0.2, 0.25) is 0 Å². The molecular weight excluding hydrogens is 1050 g/mol. The van der Waals surface area contributed by atoms with Gasteiger partial charge in [-0.1, -0.05) is 48.0 Å². The van der Waals surface area contributed by atoms with E-state index in [-0.39, 0.29) is 11.7 Å². The lowest BCUT2D eigenvalue weighted by molar-refractivity contribution is 0.0516. The molecule has 0 spiro atoms. The van der Waals surface area contributed by atoms with E-state index < -0.39 is 5.97 Å². The maximum Gasteiger partial charge on any atom is 0.338 e. The number of carbonyl (C=O) groups excluding carboxylic acids is 2. The Morgan fingerprint density at radius 2 is 1.13 bits per heavy atom. The van der Waals surface area contributed by atoms with Gasteiger partial charge in [-0.25, -0.2) is 28.9 Å². The first-order valence-electron chi connectivity index (χ1n) is 19.4. The van der Waals surface area contributed by atoms with Crippen molar-refractivity contribution in [2.45, 2.75) is 26.9 Å². The molecule has 1 N–H and O–H groups in total. The predicted octanol–water partition coefficient (Wildman–Crippen LogP) is 10.4. The molecule has 0 radical (unpaired) electrons. The number of fused-ring (bicyclic) bond motifs is 2. The molecule has 4 aromatic heterocycles. The number of pyridine rings is 2. The highest BCUT2D eigenvalue weighted by Crippen LogP contribution is 2.33. The first kappa shape index (κ1) is 46.5. The zero-order valence-electron chi connectivity index (χ0n) is 34.5. The van der Waals surface area contributed by atoms with Gasteiger partial charge < -0.3 is 28.8 Å². The lowest BCUT2D eigenvalue weighted by atomic mass is 10.2. The van der Waals surface area contributed by atoms with Crippen molar-refractivity contribution in [1.29, 1.82) is 0 Å². The summed E-state index contributed by atoms with van der Waals surface area (Å²) in [6.45, 7) is 5.39. The van der Waals surface area contributed by atoms with Gasteiger partial charge in [-0.2, -0.15) is 10.2 Å². The molecule has 63 heavy (non-hydrogen) atoms. The molecule has 17 heteroatoms. The number of benzene rings is 4. The number of aromatic nitrogens is 6. The standard InChI is InChI=1S/C23H20IN3O4.C14H11ClIN3O.C9H10O3/c1-3-30-23(28)16-5-4-6-18(13-16)31-19-11-12-25-22-20(19)21(24)26-27(22)14-15-7-9-17(29-2)10-8-15;1-20-10-4-2-9(3-5-10)8-19-14-12(13(16)18-19)11(15)6-7-17-14;1-2-12-9(11)7-4-3-5-8(10)6-7/h4-13H,3,14H2,1-2H3;2-7H,8H2,1H3;3-6,10H,2H2,1H3. The Morgan fingerprint density at radius 1 is 0.635 bits per heavy atom. The smallest absolute Gasteiger partial charge is 0.338 e. The van der Waals surface area contributed by atoms with Gasteiger partial charge in [0.05, 0.1) is 67.4 Å². The summed E-state index contributed by atoms with van der Waals surface area (Å²) in [6, 6.07) is 32.3. The van der Waals surface area contributed by atoms with Crippen LogP contribution in [0.15, 0.2) is 122 Å². The first-order chi connectivity index (χ1) is 30.5. The Hall–Kier alpha value is -5.99. The summed E-state index contributed by atoms with van der Waals surface area (Å²) >= 11 is 10.6. The van der Waals surface area contributed by atoms with Gasteiger partial charge in [0.15, 0.2) is 11.3 Å². The molecule has 4 aromatic carbocycles. The molecule has 0 saturated heterocycles. The Kier molecular flexibility index (Phi) is 16.5. The Labute approximate surface area is 395 Å². The predicted molar refractivity (Wildman–Crippen MR) is 256 cm³/mol. The highest BCUT2D eigenvalue weighted by molar-refractivity contribution is 14.1. The van der Waals surface area contributed by atoms with Crippen LogP contribution in [0.1, 0.15) is 45.7 Å². The minimum Gasteiger partial charge on any atom is -0.508 e. The number of hydrogen-bond acceptors (Lipinski definition) is 12. The number of methoxy groups -OCH3 is 2. The monoisotopic (exact) mass is 1090 g/mol. The molecule has 8 aromatic rings. The summed E-state index contributed by atoms with van der Waals surface area (Å²) in [5.74, 6) is 2.09. The van der Waals surface area contributed by atoms with Crippen molar-refractivity contribution in [1.82, 2.24) is 29.5 Å². The lowest BCUT2D eigenvalue weighted by Crippen LogP contribution is -2.04. The maximum atomic E-state index is 12.0. The van der Waals surface area contributed by atoms with Crippen LogP contribution in [0.5, 0.6) is 28.7 Å². The SMILES string of the molecule is CCOC(=O)c1cccc(O)c1.CCOC(=O)c1cccc(Oc2ccnc3c2c(I)nn3Cc2ccc(OC)cc2)c1.COc1ccc(Cn2nc(I)c3c(Cl)ccnc32)cc1. The van der Waals surface area contributed by atoms with Crippen molar-refractivity contribution in [3.63, 3.8) is 0 Å². The Balaban J connectivity index is 0.000000176. The molecule has 0 aliphatic carbocycles. The molecule has 0 unspecified atom stereocenters. The van der Waals surface area contributed by atoms with Crippen LogP contribution in [-0.2, 0) is 22.6 Å². The molecule has 0 saturated carbocycles. The number of esters is 2. The molecule has 324 valence electrons. The van der Waals surface area contributed by atoms with Crippen LogP contribution in [0.4, 0.5) is 0 Å². The average molecular weight is 1100 g/mol. The van der Waals surface area contributed by atoms with E-state index in [1.807, 2.05) is 57.9 Å². The third-order valence-corrected chi connectivity index (χ3v) is 10.8. The molecule has 4 heterocycles. The van der Waals surface area contributed by atoms with Crippen molar-refractivity contribution in [3.8, 4) is 28.7 Å². The second-order valence-corrected chi connectivity index (χ2v) is 15.7. The van der Waals surface area contributed by atoms with Crippen molar-refractivity contribution < 1.29 is 38.4 Å². The fourth-order valence-corrected chi connectivity index (χ4v) is 7.98. The van der Waals surface area contributed by atoms with Crippen LogP contribution in [0, 0.1) is 7.40 Å². The van der Waals surface area contributed by atoms with Crippen LogP contribution in [0.2, 0.25) is 5.02 Å². The van der Waals surface area contributed by atoms with E-state index in [2.05, 4.69) is 65.3 Å². The summed E-state index contributed by atoms with van der Waals surface area (Å²) in [6.07, 6.45) is 3.39. The van der Waals surface area contributed by atoms with E-state index in [0.29, 0.717) is 54.0 Å². The van der Waals surface area contributed by atoms with E-state index in [1.54, 1.807) is 89.0 Å². The molecule has 8 rings (SSSR count). The van der Waals surface area contributed by atoms with Crippen molar-refractivity contribution in [3.05, 3.63) is 156 Å². The number of nitrogens with zero attached hydrogens (tertiary/aromatic N) is 6. The summed E-state index contributed by atoms with van der Waals surface area (Å²) < 4.78 is 31.7. The van der Waals surface area contributed by atoms with E-state index in [0.717, 1.165) is 52.1 Å². The summed E-state index contributed by atoms with van der Waals surface area (Å²) in [5.41, 5.74) is 4.55. The zero-order chi connectivity index (χ0) is 44.9. The third-order valence-electron chi connectivity index (χ3n) is 9.00. The lowest BCUT2D eigenvalue weighted by Gasteiger charge is -2.09. The third kappa shape index (κ3) is 12.1. The number of carbonyl (C=O) groups is 2. The largest absolute Gasteiger partial charge is 0.508 e. The second kappa shape index (κ2) is 22.4. The van der Waals surface area contributed by atoms with Crippen molar-refractivity contribution in [2.75, 3.05) is 27.4 Å². The van der Waals surface area contributed by atoms with Crippen LogP contribution in [0.25, 0.3) is 22.1 Å². The molecule has 0 atom stereocenters. The summed E-state index contributed by atoms with van der Waals surface area (Å²) in [5, 5.41) is 20.6. The molecule has 14 nitrogen and oxygen atoms in total. The minimum absolute atomic E-state index is 0.0700.